The molecule has 0 radical (unpaired) electrons. The average Bonchev–Trinajstić information content (AvgIpc) is 2.72. The van der Waals surface area contributed by atoms with Crippen LogP contribution in [0.4, 0.5) is 11.6 Å². The highest BCUT2D eigenvalue weighted by molar-refractivity contribution is 14.0. The van der Waals surface area contributed by atoms with Crippen LogP contribution < -0.4 is 15.1 Å². The minimum atomic E-state index is 0. The molecule has 8 heteroatoms. The molecule has 1 aromatic carbocycles. The van der Waals surface area contributed by atoms with E-state index in [-0.39, 0.29) is 24.0 Å². The molecular formula is C19H28IN7. The van der Waals surface area contributed by atoms with Gasteiger partial charge in [0.25, 0.3) is 0 Å². The van der Waals surface area contributed by atoms with Crippen molar-refractivity contribution in [1.82, 2.24) is 20.2 Å². The van der Waals surface area contributed by atoms with E-state index < -0.39 is 0 Å². The summed E-state index contributed by atoms with van der Waals surface area (Å²) >= 11 is 0. The predicted molar refractivity (Wildman–Crippen MR) is 122 cm³/mol. The van der Waals surface area contributed by atoms with Crippen molar-refractivity contribution >= 4 is 41.6 Å². The number of guanidine groups is 1. The van der Waals surface area contributed by atoms with E-state index in [1.807, 2.05) is 19.2 Å². The number of piperazine rings is 1. The second-order valence-corrected chi connectivity index (χ2v) is 6.25. The molecule has 1 saturated heterocycles. The quantitative estimate of drug-likeness (QED) is 0.400. The topological polar surface area (TPSA) is 59.9 Å². The van der Waals surface area contributed by atoms with E-state index in [4.69, 9.17) is 0 Å². The van der Waals surface area contributed by atoms with Crippen molar-refractivity contribution in [1.29, 1.82) is 0 Å². The molecular weight excluding hydrogens is 453 g/mol. The van der Waals surface area contributed by atoms with Crippen LogP contribution in [0.5, 0.6) is 0 Å². The number of para-hydroxylation sites is 1. The van der Waals surface area contributed by atoms with Gasteiger partial charge in [-0.1, -0.05) is 18.2 Å². The summed E-state index contributed by atoms with van der Waals surface area (Å²) in [4.78, 5) is 19.9. The molecule has 0 saturated carbocycles. The largest absolute Gasteiger partial charge is 0.373 e. The van der Waals surface area contributed by atoms with Crippen molar-refractivity contribution in [3.63, 3.8) is 0 Å². The van der Waals surface area contributed by atoms with Crippen LogP contribution >= 0.6 is 24.0 Å². The van der Waals surface area contributed by atoms with E-state index in [1.165, 1.54) is 5.69 Å². The lowest BCUT2D eigenvalue weighted by Crippen LogP contribution is -2.53. The van der Waals surface area contributed by atoms with Gasteiger partial charge in [-0.3, -0.25) is 4.99 Å². The molecule has 1 N–H and O–H groups in total. The van der Waals surface area contributed by atoms with Crippen LogP contribution in [0.3, 0.4) is 0 Å². The maximum absolute atomic E-state index is 4.44. The number of benzene rings is 1. The minimum absolute atomic E-state index is 0. The van der Waals surface area contributed by atoms with Crippen molar-refractivity contribution < 1.29 is 0 Å². The van der Waals surface area contributed by atoms with E-state index in [2.05, 4.69) is 66.3 Å². The van der Waals surface area contributed by atoms with Crippen molar-refractivity contribution in [2.75, 3.05) is 63.2 Å². The zero-order valence-electron chi connectivity index (χ0n) is 16.0. The van der Waals surface area contributed by atoms with Gasteiger partial charge in [0.1, 0.15) is 0 Å². The molecule has 1 aliphatic rings. The average molecular weight is 481 g/mol. The molecule has 2 heterocycles. The molecule has 0 amide bonds. The lowest BCUT2D eigenvalue weighted by atomic mass is 10.3. The van der Waals surface area contributed by atoms with Gasteiger partial charge >= 0.3 is 0 Å². The number of rotatable bonds is 5. The molecule has 2 aromatic rings. The SMILES string of the molecule is CN=C(NCCN(C)c1ccccc1)N1CCN(c2ncccn2)CC1.I. The van der Waals surface area contributed by atoms with E-state index in [1.54, 1.807) is 12.4 Å². The first-order valence-corrected chi connectivity index (χ1v) is 9.01. The molecule has 0 spiro atoms. The highest BCUT2D eigenvalue weighted by Gasteiger charge is 2.20. The molecule has 3 rings (SSSR count). The van der Waals surface area contributed by atoms with Gasteiger partial charge < -0.3 is 20.0 Å². The third kappa shape index (κ3) is 5.95. The predicted octanol–water partition coefficient (Wildman–Crippen LogP) is 1.93. The van der Waals surface area contributed by atoms with Crippen LogP contribution in [0.15, 0.2) is 53.8 Å². The summed E-state index contributed by atoms with van der Waals surface area (Å²) in [6.45, 7) is 5.38. The van der Waals surface area contributed by atoms with Crippen molar-refractivity contribution in [3.05, 3.63) is 48.8 Å². The Morgan fingerprint density at radius 3 is 2.37 bits per heavy atom. The summed E-state index contributed by atoms with van der Waals surface area (Å²) in [5.74, 6) is 1.76. The summed E-state index contributed by atoms with van der Waals surface area (Å²) < 4.78 is 0. The van der Waals surface area contributed by atoms with Crippen LogP contribution in [0, 0.1) is 0 Å². The molecule has 1 aromatic heterocycles. The molecule has 27 heavy (non-hydrogen) atoms. The Morgan fingerprint density at radius 2 is 1.74 bits per heavy atom. The third-order valence-electron chi connectivity index (χ3n) is 4.55. The number of hydrogen-bond acceptors (Lipinski definition) is 5. The fourth-order valence-electron chi connectivity index (χ4n) is 3.05. The molecule has 0 aliphatic carbocycles. The van der Waals surface area contributed by atoms with Gasteiger partial charge in [-0.2, -0.15) is 0 Å². The number of anilines is 2. The third-order valence-corrected chi connectivity index (χ3v) is 4.55. The molecule has 0 atom stereocenters. The molecule has 0 unspecified atom stereocenters. The van der Waals surface area contributed by atoms with Gasteiger partial charge in [-0.15, -0.1) is 24.0 Å². The van der Waals surface area contributed by atoms with Crippen molar-refractivity contribution in [2.45, 2.75) is 0 Å². The Morgan fingerprint density at radius 1 is 1.07 bits per heavy atom. The Labute approximate surface area is 178 Å². The number of halogens is 1. The maximum atomic E-state index is 4.44. The summed E-state index contributed by atoms with van der Waals surface area (Å²) in [6.07, 6.45) is 3.58. The van der Waals surface area contributed by atoms with Gasteiger partial charge in [0.15, 0.2) is 5.96 Å². The normalized spacial score (nSPS) is 14.5. The molecule has 146 valence electrons. The number of aliphatic imine (C=N–C) groups is 1. The van der Waals surface area contributed by atoms with Crippen molar-refractivity contribution in [2.24, 2.45) is 4.99 Å². The molecule has 7 nitrogen and oxygen atoms in total. The number of aromatic nitrogens is 2. The Bertz CT molecular complexity index is 688. The summed E-state index contributed by atoms with van der Waals surface area (Å²) in [5, 5.41) is 3.48. The zero-order chi connectivity index (χ0) is 18.2. The number of likely N-dealkylation sites (N-methyl/N-ethyl adjacent to an activating group) is 1. The van der Waals surface area contributed by atoms with Gasteiger partial charge in [-0.25, -0.2) is 9.97 Å². The highest BCUT2D eigenvalue weighted by atomic mass is 127. The van der Waals surface area contributed by atoms with Gasteiger partial charge in [-0.05, 0) is 18.2 Å². The molecule has 1 aliphatic heterocycles. The Balaban J connectivity index is 0.00000261. The molecule has 0 bridgehead atoms. The number of hydrogen-bond donors (Lipinski definition) is 1. The van der Waals surface area contributed by atoms with Gasteiger partial charge in [0.05, 0.1) is 0 Å². The highest BCUT2D eigenvalue weighted by Crippen LogP contribution is 2.11. The minimum Gasteiger partial charge on any atom is -0.373 e. The first-order valence-electron chi connectivity index (χ1n) is 9.01. The zero-order valence-corrected chi connectivity index (χ0v) is 18.3. The fraction of sp³-hybridized carbons (Fsp3) is 0.421. The van der Waals surface area contributed by atoms with Crippen LogP contribution in [0.25, 0.3) is 0 Å². The summed E-state index contributed by atoms with van der Waals surface area (Å²) in [5.41, 5.74) is 1.22. The van der Waals surface area contributed by atoms with Gasteiger partial charge in [0.2, 0.25) is 5.95 Å². The smallest absolute Gasteiger partial charge is 0.225 e. The lowest BCUT2D eigenvalue weighted by molar-refractivity contribution is 0.370. The maximum Gasteiger partial charge on any atom is 0.225 e. The van der Waals surface area contributed by atoms with Gasteiger partial charge in [0, 0.05) is 71.4 Å². The second-order valence-electron chi connectivity index (χ2n) is 6.25. The molecule has 1 fully saturated rings. The van der Waals surface area contributed by atoms with E-state index in [0.717, 1.165) is 51.2 Å². The number of nitrogens with zero attached hydrogens (tertiary/aromatic N) is 6. The monoisotopic (exact) mass is 481 g/mol. The summed E-state index contributed by atoms with van der Waals surface area (Å²) in [7, 11) is 3.95. The van der Waals surface area contributed by atoms with Crippen LogP contribution in [-0.4, -0.2) is 74.2 Å². The first-order chi connectivity index (χ1) is 12.8. The van der Waals surface area contributed by atoms with Crippen LogP contribution in [0.2, 0.25) is 0 Å². The second kappa shape index (κ2) is 10.9. The van der Waals surface area contributed by atoms with Crippen molar-refractivity contribution in [3.8, 4) is 0 Å². The van der Waals surface area contributed by atoms with E-state index in [0.29, 0.717) is 0 Å². The fourth-order valence-corrected chi connectivity index (χ4v) is 3.05. The van der Waals surface area contributed by atoms with E-state index in [9.17, 15) is 0 Å². The summed E-state index contributed by atoms with van der Waals surface area (Å²) in [6, 6.07) is 12.3. The first kappa shape index (κ1) is 21.2. The Hall–Kier alpha value is -2.10. The number of nitrogens with one attached hydrogen (secondary N) is 1. The Kier molecular flexibility index (Phi) is 8.56. The standard InChI is InChI=1S/C19H27N7.HI/c1-20-18(23-11-12-24(2)17-7-4-3-5-8-17)25-13-15-26(16-14-25)19-21-9-6-10-22-19;/h3-10H,11-16H2,1-2H3,(H,20,23);1H. The van der Waals surface area contributed by atoms with Crippen LogP contribution in [-0.2, 0) is 0 Å². The lowest BCUT2D eigenvalue weighted by Gasteiger charge is -2.36. The van der Waals surface area contributed by atoms with E-state index >= 15 is 0 Å². The van der Waals surface area contributed by atoms with Crippen LogP contribution in [0.1, 0.15) is 0 Å².